The highest BCUT2D eigenvalue weighted by Gasteiger charge is 2.19. The minimum absolute atomic E-state index is 0.217. The van der Waals surface area contributed by atoms with Gasteiger partial charge in [-0.2, -0.15) is 0 Å². The zero-order valence-electron chi connectivity index (χ0n) is 12.1. The quantitative estimate of drug-likeness (QED) is 0.899. The minimum Gasteiger partial charge on any atom is -0.350 e. The molecule has 110 valence electrons. The van der Waals surface area contributed by atoms with Gasteiger partial charge in [-0.15, -0.1) is 0 Å². The van der Waals surface area contributed by atoms with Crippen molar-refractivity contribution < 1.29 is 9.18 Å². The van der Waals surface area contributed by atoms with Crippen LogP contribution < -0.4 is 5.32 Å². The molecular formula is C15H22FN3O. The highest BCUT2D eigenvalue weighted by Crippen LogP contribution is 2.06. The van der Waals surface area contributed by atoms with E-state index in [9.17, 15) is 9.18 Å². The lowest BCUT2D eigenvalue weighted by atomic mass is 10.2. The first kappa shape index (κ1) is 14.9. The summed E-state index contributed by atoms with van der Waals surface area (Å²) >= 11 is 0. The third kappa shape index (κ3) is 4.02. The Bertz CT molecular complexity index is 458. The predicted octanol–water partition coefficient (Wildman–Crippen LogP) is 1.19. The number of halogens is 1. The summed E-state index contributed by atoms with van der Waals surface area (Å²) in [6.07, 6.45) is 0. The molecule has 4 nitrogen and oxygen atoms in total. The Balaban J connectivity index is 1.81. The number of nitrogens with zero attached hydrogens (tertiary/aromatic N) is 2. The first-order chi connectivity index (χ1) is 9.56. The third-order valence-electron chi connectivity index (χ3n) is 3.81. The maximum Gasteiger partial charge on any atom is 0.251 e. The Hall–Kier alpha value is -1.46. The summed E-state index contributed by atoms with van der Waals surface area (Å²) in [5.41, 5.74) is 0.371. The first-order valence-electron chi connectivity index (χ1n) is 7.02. The van der Waals surface area contributed by atoms with E-state index < -0.39 is 0 Å². The van der Waals surface area contributed by atoms with Gasteiger partial charge in [-0.1, -0.05) is 6.07 Å². The maximum atomic E-state index is 13.1. The van der Waals surface area contributed by atoms with Crippen LogP contribution in [-0.4, -0.2) is 61.5 Å². The van der Waals surface area contributed by atoms with Crippen LogP contribution in [0.15, 0.2) is 24.3 Å². The third-order valence-corrected chi connectivity index (χ3v) is 3.81. The Labute approximate surface area is 119 Å². The van der Waals surface area contributed by atoms with E-state index in [0.717, 1.165) is 26.2 Å². The van der Waals surface area contributed by atoms with Gasteiger partial charge in [0.2, 0.25) is 0 Å². The Morgan fingerprint density at radius 1 is 1.35 bits per heavy atom. The maximum absolute atomic E-state index is 13.1. The number of likely N-dealkylation sites (N-methyl/N-ethyl adjacent to an activating group) is 1. The van der Waals surface area contributed by atoms with Crippen LogP contribution in [0.4, 0.5) is 4.39 Å². The van der Waals surface area contributed by atoms with E-state index in [1.807, 2.05) is 0 Å². The van der Waals surface area contributed by atoms with Crippen molar-refractivity contribution in [2.24, 2.45) is 0 Å². The van der Waals surface area contributed by atoms with Crippen LogP contribution in [-0.2, 0) is 0 Å². The molecule has 1 saturated heterocycles. The van der Waals surface area contributed by atoms with E-state index in [1.165, 1.54) is 12.1 Å². The molecule has 0 spiro atoms. The van der Waals surface area contributed by atoms with Crippen LogP contribution in [0.1, 0.15) is 17.3 Å². The minimum atomic E-state index is -0.384. The lowest BCUT2D eigenvalue weighted by Gasteiger charge is -2.36. The summed E-state index contributed by atoms with van der Waals surface area (Å²) in [6, 6.07) is 6.06. The summed E-state index contributed by atoms with van der Waals surface area (Å²) in [5, 5.41) is 2.87. The summed E-state index contributed by atoms with van der Waals surface area (Å²) in [7, 11) is 2.12. The highest BCUT2D eigenvalue weighted by atomic mass is 19.1. The molecule has 1 aromatic rings. The molecule has 0 saturated carbocycles. The van der Waals surface area contributed by atoms with Gasteiger partial charge in [0.25, 0.3) is 5.91 Å². The molecule has 1 aliphatic heterocycles. The van der Waals surface area contributed by atoms with Crippen LogP contribution in [0.5, 0.6) is 0 Å². The van der Waals surface area contributed by atoms with Crippen molar-refractivity contribution in [1.29, 1.82) is 0 Å². The molecule has 1 N–H and O–H groups in total. The average molecular weight is 279 g/mol. The standard InChI is InChI=1S/C15H22FN3O/c1-12(19-8-6-18(2)7-9-19)11-17-15(20)13-4-3-5-14(16)10-13/h3-5,10,12H,6-9,11H2,1-2H3,(H,17,20). The fraction of sp³-hybridized carbons (Fsp3) is 0.533. The van der Waals surface area contributed by atoms with Gasteiger partial charge in [-0.05, 0) is 32.2 Å². The van der Waals surface area contributed by atoms with Gasteiger partial charge in [0.05, 0.1) is 0 Å². The molecule has 0 aromatic heterocycles. The number of amides is 1. The molecular weight excluding hydrogens is 257 g/mol. The largest absolute Gasteiger partial charge is 0.350 e. The molecule has 2 rings (SSSR count). The number of benzene rings is 1. The Morgan fingerprint density at radius 2 is 2.05 bits per heavy atom. The SMILES string of the molecule is CC(CNC(=O)c1cccc(F)c1)N1CCN(C)CC1. The highest BCUT2D eigenvalue weighted by molar-refractivity contribution is 5.94. The van der Waals surface area contributed by atoms with E-state index in [4.69, 9.17) is 0 Å². The van der Waals surface area contributed by atoms with E-state index >= 15 is 0 Å². The normalized spacial score (nSPS) is 18.8. The summed E-state index contributed by atoms with van der Waals surface area (Å²) < 4.78 is 13.1. The second-order valence-electron chi connectivity index (χ2n) is 5.41. The number of rotatable bonds is 4. The number of piperazine rings is 1. The van der Waals surface area contributed by atoms with Crippen molar-refractivity contribution in [1.82, 2.24) is 15.1 Å². The van der Waals surface area contributed by atoms with Crippen molar-refractivity contribution in [2.45, 2.75) is 13.0 Å². The zero-order valence-corrected chi connectivity index (χ0v) is 12.1. The smallest absolute Gasteiger partial charge is 0.251 e. The summed E-state index contributed by atoms with van der Waals surface area (Å²) in [4.78, 5) is 16.6. The number of hydrogen-bond acceptors (Lipinski definition) is 3. The molecule has 0 bridgehead atoms. The van der Waals surface area contributed by atoms with Gasteiger partial charge in [-0.3, -0.25) is 9.69 Å². The van der Waals surface area contributed by atoms with E-state index in [1.54, 1.807) is 12.1 Å². The topological polar surface area (TPSA) is 35.6 Å². The van der Waals surface area contributed by atoms with Gasteiger partial charge >= 0.3 is 0 Å². The molecule has 1 unspecified atom stereocenters. The molecule has 1 heterocycles. The van der Waals surface area contributed by atoms with Gasteiger partial charge in [-0.25, -0.2) is 4.39 Å². The molecule has 1 aliphatic rings. The molecule has 0 aliphatic carbocycles. The van der Waals surface area contributed by atoms with Crippen molar-refractivity contribution in [3.8, 4) is 0 Å². The molecule has 1 aromatic carbocycles. The van der Waals surface area contributed by atoms with Crippen molar-refractivity contribution in [3.63, 3.8) is 0 Å². The Morgan fingerprint density at radius 3 is 2.70 bits per heavy atom. The lowest BCUT2D eigenvalue weighted by molar-refractivity contribution is 0.0903. The van der Waals surface area contributed by atoms with E-state index in [0.29, 0.717) is 18.2 Å². The van der Waals surface area contributed by atoms with Crippen molar-refractivity contribution in [2.75, 3.05) is 39.8 Å². The van der Waals surface area contributed by atoms with E-state index in [2.05, 4.69) is 29.1 Å². The van der Waals surface area contributed by atoms with E-state index in [-0.39, 0.29) is 11.7 Å². The molecule has 0 radical (unpaired) electrons. The number of carbonyl (C=O) groups excluding carboxylic acids is 1. The number of hydrogen-bond donors (Lipinski definition) is 1. The average Bonchev–Trinajstić information content (AvgIpc) is 2.45. The zero-order chi connectivity index (χ0) is 14.5. The van der Waals surface area contributed by atoms with Crippen LogP contribution in [0, 0.1) is 5.82 Å². The monoisotopic (exact) mass is 279 g/mol. The second-order valence-corrected chi connectivity index (χ2v) is 5.41. The van der Waals surface area contributed by atoms with Gasteiger partial charge < -0.3 is 10.2 Å². The fourth-order valence-electron chi connectivity index (χ4n) is 2.36. The first-order valence-corrected chi connectivity index (χ1v) is 7.02. The summed E-state index contributed by atoms with van der Waals surface area (Å²) in [6.45, 7) is 6.85. The van der Waals surface area contributed by atoms with Crippen molar-refractivity contribution >= 4 is 5.91 Å². The number of nitrogens with one attached hydrogen (secondary N) is 1. The van der Waals surface area contributed by atoms with Crippen LogP contribution in [0.25, 0.3) is 0 Å². The van der Waals surface area contributed by atoms with Gasteiger partial charge in [0.15, 0.2) is 0 Å². The lowest BCUT2D eigenvalue weighted by Crippen LogP contribution is -2.51. The van der Waals surface area contributed by atoms with Gasteiger partial charge in [0, 0.05) is 44.3 Å². The van der Waals surface area contributed by atoms with Crippen LogP contribution in [0.2, 0.25) is 0 Å². The van der Waals surface area contributed by atoms with Crippen molar-refractivity contribution in [3.05, 3.63) is 35.6 Å². The second kappa shape index (κ2) is 6.81. The molecule has 20 heavy (non-hydrogen) atoms. The van der Waals surface area contributed by atoms with Crippen LogP contribution in [0.3, 0.4) is 0 Å². The molecule has 5 heteroatoms. The summed E-state index contributed by atoms with van der Waals surface area (Å²) in [5.74, 6) is -0.602. The molecule has 1 fully saturated rings. The number of carbonyl (C=O) groups is 1. The van der Waals surface area contributed by atoms with Crippen LogP contribution >= 0.6 is 0 Å². The predicted molar refractivity (Wildman–Crippen MR) is 77.3 cm³/mol. The molecule has 1 amide bonds. The molecule has 1 atom stereocenters. The van der Waals surface area contributed by atoms with Gasteiger partial charge in [0.1, 0.15) is 5.82 Å². The Kier molecular flexibility index (Phi) is 5.09. The fourth-order valence-corrected chi connectivity index (χ4v) is 2.36.